The zero-order valence-electron chi connectivity index (χ0n) is 23.0. The fraction of sp³-hybridized carbons (Fsp3) is 0.0513. The van der Waals surface area contributed by atoms with Crippen molar-refractivity contribution < 1.29 is 4.74 Å². The van der Waals surface area contributed by atoms with Crippen LogP contribution in [0.25, 0.3) is 27.8 Å². The average molecular weight is 541 g/mol. The van der Waals surface area contributed by atoms with Crippen molar-refractivity contribution in [2.75, 3.05) is 0 Å². The van der Waals surface area contributed by atoms with Crippen LogP contribution in [0.4, 0.5) is 0 Å². The highest BCUT2D eigenvalue weighted by atomic mass is 16.5. The van der Waals surface area contributed by atoms with Crippen LogP contribution in [-0.2, 0) is 12.0 Å². The summed E-state index contributed by atoms with van der Waals surface area (Å²) in [5.74, 6) is 0. The van der Waals surface area contributed by atoms with Gasteiger partial charge in [-0.2, -0.15) is 4.98 Å². The summed E-state index contributed by atoms with van der Waals surface area (Å²) in [6, 6.07) is 57.1. The van der Waals surface area contributed by atoms with Gasteiger partial charge >= 0.3 is 6.01 Å². The van der Waals surface area contributed by atoms with E-state index in [9.17, 15) is 0 Å². The fourth-order valence-corrected chi connectivity index (χ4v) is 6.55. The van der Waals surface area contributed by atoms with Crippen LogP contribution in [0, 0.1) is 0 Å². The number of rotatable bonds is 5. The first-order chi connectivity index (χ1) is 20.8. The second-order valence-corrected chi connectivity index (χ2v) is 10.8. The number of aromatic nitrogens is 2. The van der Waals surface area contributed by atoms with E-state index < -0.39 is 5.41 Å². The molecule has 8 rings (SSSR count). The fourth-order valence-electron chi connectivity index (χ4n) is 6.55. The molecule has 2 heterocycles. The lowest BCUT2D eigenvalue weighted by Crippen LogP contribution is -2.31. The van der Waals surface area contributed by atoms with Crippen LogP contribution in [-0.4, -0.2) is 9.55 Å². The summed E-state index contributed by atoms with van der Waals surface area (Å²) in [6.07, 6.45) is 0. The molecule has 3 heteroatoms. The zero-order chi connectivity index (χ0) is 27.9. The van der Waals surface area contributed by atoms with Crippen LogP contribution in [0.15, 0.2) is 158 Å². The molecule has 1 aromatic heterocycles. The van der Waals surface area contributed by atoms with Gasteiger partial charge in [-0.1, -0.05) is 133 Å². The smallest absolute Gasteiger partial charge is 0.302 e. The van der Waals surface area contributed by atoms with E-state index in [0.29, 0.717) is 12.6 Å². The molecular weight excluding hydrogens is 512 g/mol. The third kappa shape index (κ3) is 3.78. The number of imidazole rings is 1. The number of benzene rings is 6. The first-order valence-electron chi connectivity index (χ1n) is 14.3. The Morgan fingerprint density at radius 2 is 1.10 bits per heavy atom. The number of ether oxygens (including phenoxy) is 1. The maximum atomic E-state index is 6.04. The second-order valence-electron chi connectivity index (χ2n) is 10.8. The predicted octanol–water partition coefficient (Wildman–Crippen LogP) is 8.97. The van der Waals surface area contributed by atoms with Gasteiger partial charge in [-0.05, 0) is 57.6 Å². The van der Waals surface area contributed by atoms with Crippen molar-refractivity contribution in [2.45, 2.75) is 12.0 Å². The first kappa shape index (κ1) is 24.4. The molecule has 0 N–H and O–H groups in total. The van der Waals surface area contributed by atoms with E-state index in [1.165, 1.54) is 27.8 Å². The van der Waals surface area contributed by atoms with E-state index >= 15 is 0 Å². The Labute approximate surface area is 245 Å². The van der Waals surface area contributed by atoms with Gasteiger partial charge in [-0.25, -0.2) is 0 Å². The zero-order valence-corrected chi connectivity index (χ0v) is 23.0. The summed E-state index contributed by atoms with van der Waals surface area (Å²) in [6.45, 7) is 0.512. The predicted molar refractivity (Wildman–Crippen MR) is 169 cm³/mol. The average Bonchev–Trinajstić information content (AvgIpc) is 3.46. The van der Waals surface area contributed by atoms with Crippen LogP contribution in [0.3, 0.4) is 0 Å². The molecule has 6 aromatic carbocycles. The van der Waals surface area contributed by atoms with Crippen molar-refractivity contribution in [3.8, 4) is 22.8 Å². The highest BCUT2D eigenvalue weighted by molar-refractivity contribution is 5.81. The van der Waals surface area contributed by atoms with Gasteiger partial charge in [0.2, 0.25) is 0 Å². The minimum absolute atomic E-state index is 0.491. The topological polar surface area (TPSA) is 27.1 Å². The molecule has 0 saturated carbocycles. The molecule has 3 nitrogen and oxygen atoms in total. The second kappa shape index (κ2) is 9.90. The molecule has 0 spiro atoms. The molecule has 200 valence electrons. The van der Waals surface area contributed by atoms with Gasteiger partial charge in [0.05, 0.1) is 22.1 Å². The van der Waals surface area contributed by atoms with Gasteiger partial charge in [0, 0.05) is 5.56 Å². The summed E-state index contributed by atoms with van der Waals surface area (Å²) < 4.78 is 8.19. The quantitative estimate of drug-likeness (QED) is 0.204. The lowest BCUT2D eigenvalue weighted by atomic mass is 9.65. The summed E-state index contributed by atoms with van der Waals surface area (Å²) >= 11 is 0. The van der Waals surface area contributed by atoms with Gasteiger partial charge in [0.1, 0.15) is 6.61 Å². The van der Waals surface area contributed by atoms with Crippen molar-refractivity contribution in [1.29, 1.82) is 0 Å². The largest absolute Gasteiger partial charge is 0.459 e. The van der Waals surface area contributed by atoms with Crippen LogP contribution in [0.5, 0.6) is 6.01 Å². The van der Waals surface area contributed by atoms with Gasteiger partial charge in [-0.15, -0.1) is 0 Å². The molecule has 0 radical (unpaired) electrons. The normalized spacial score (nSPS) is 12.4. The molecule has 0 unspecified atom stereocenters. The molecule has 0 atom stereocenters. The molecule has 1 aliphatic heterocycles. The SMILES string of the molecule is c1ccc(C(c2ccccc2)(c2ccccc2)c2cccc(-c3ccc4c(c3)-n3c(nc5ccccc53)OC4)c2)cc1. The van der Waals surface area contributed by atoms with Gasteiger partial charge < -0.3 is 4.74 Å². The summed E-state index contributed by atoms with van der Waals surface area (Å²) in [5.41, 5.74) is 11.0. The van der Waals surface area contributed by atoms with Crippen molar-refractivity contribution in [1.82, 2.24) is 9.55 Å². The molecule has 42 heavy (non-hydrogen) atoms. The number of nitrogens with zero attached hydrogens (tertiary/aromatic N) is 2. The Morgan fingerprint density at radius 3 is 1.76 bits per heavy atom. The molecule has 7 aromatic rings. The van der Waals surface area contributed by atoms with E-state index in [2.05, 4.69) is 150 Å². The standard InChI is InChI=1S/C39H28N2O/c1-4-14-31(15-5-1)39(32-16-6-2-7-17-32,33-18-8-3-9-19-33)34-20-12-13-28(25-34)29-23-24-30-27-42-38-40-35-21-10-11-22-36(35)41(38)37(30)26-29/h1-26H,27H2. The summed E-state index contributed by atoms with van der Waals surface area (Å²) in [4.78, 5) is 4.74. The maximum absolute atomic E-state index is 6.04. The number of hydrogen-bond acceptors (Lipinski definition) is 2. The molecule has 0 amide bonds. The summed E-state index contributed by atoms with van der Waals surface area (Å²) in [5, 5.41) is 0. The van der Waals surface area contributed by atoms with E-state index in [-0.39, 0.29) is 0 Å². The molecule has 0 fully saturated rings. The van der Waals surface area contributed by atoms with Crippen LogP contribution < -0.4 is 4.74 Å². The van der Waals surface area contributed by atoms with Crippen LogP contribution >= 0.6 is 0 Å². The molecule has 0 saturated heterocycles. The van der Waals surface area contributed by atoms with E-state index in [1.807, 2.05) is 12.1 Å². The van der Waals surface area contributed by atoms with Crippen LogP contribution in [0.1, 0.15) is 27.8 Å². The van der Waals surface area contributed by atoms with Gasteiger partial charge in [0.25, 0.3) is 0 Å². The van der Waals surface area contributed by atoms with Crippen LogP contribution in [0.2, 0.25) is 0 Å². The Hall–Kier alpha value is -5.41. The monoisotopic (exact) mass is 540 g/mol. The van der Waals surface area contributed by atoms with E-state index in [4.69, 9.17) is 9.72 Å². The molecule has 0 aliphatic carbocycles. The lowest BCUT2D eigenvalue weighted by Gasteiger charge is -2.37. The summed E-state index contributed by atoms with van der Waals surface area (Å²) in [7, 11) is 0. The number of para-hydroxylation sites is 2. The van der Waals surface area contributed by atoms with E-state index in [1.54, 1.807) is 0 Å². The molecule has 1 aliphatic rings. The van der Waals surface area contributed by atoms with Crippen molar-refractivity contribution in [3.63, 3.8) is 0 Å². The Morgan fingerprint density at radius 1 is 0.524 bits per heavy atom. The third-order valence-corrected chi connectivity index (χ3v) is 8.46. The Bertz CT molecular complexity index is 1930. The van der Waals surface area contributed by atoms with E-state index in [0.717, 1.165) is 27.8 Å². The number of fused-ring (bicyclic) bond motifs is 5. The Kier molecular flexibility index (Phi) is 5.75. The highest BCUT2D eigenvalue weighted by Crippen LogP contribution is 2.46. The maximum Gasteiger partial charge on any atom is 0.302 e. The highest BCUT2D eigenvalue weighted by Gasteiger charge is 2.38. The van der Waals surface area contributed by atoms with Crippen molar-refractivity contribution in [2.24, 2.45) is 0 Å². The molecular formula is C39H28N2O. The number of hydrogen-bond donors (Lipinski definition) is 0. The van der Waals surface area contributed by atoms with Gasteiger partial charge in [0.15, 0.2) is 0 Å². The van der Waals surface area contributed by atoms with Crippen molar-refractivity contribution >= 4 is 11.0 Å². The third-order valence-electron chi connectivity index (χ3n) is 8.46. The van der Waals surface area contributed by atoms with Gasteiger partial charge in [-0.3, -0.25) is 4.57 Å². The Balaban J connectivity index is 1.35. The lowest BCUT2D eigenvalue weighted by molar-refractivity contribution is 0.266. The minimum Gasteiger partial charge on any atom is -0.459 e. The first-order valence-corrected chi connectivity index (χ1v) is 14.3. The molecule has 0 bridgehead atoms. The van der Waals surface area contributed by atoms with Crippen molar-refractivity contribution in [3.05, 3.63) is 186 Å². The minimum atomic E-state index is -0.491.